The maximum absolute atomic E-state index is 11.9. The average Bonchev–Trinajstić information content (AvgIpc) is 2.86. The number of nitrogens with one attached hydrogen (secondary N) is 1. The minimum Gasteiger partial charge on any atom is -0.359 e. The Morgan fingerprint density at radius 1 is 1.33 bits per heavy atom. The van der Waals surface area contributed by atoms with Crippen LogP contribution in [0.25, 0.3) is 0 Å². The molecule has 0 unspecified atom stereocenters. The number of rotatable bonds is 4. The lowest BCUT2D eigenvalue weighted by Gasteiger charge is -2.12. The van der Waals surface area contributed by atoms with Gasteiger partial charge in [-0.15, -0.1) is 11.8 Å². The van der Waals surface area contributed by atoms with Crippen LogP contribution in [-0.2, 0) is 10.2 Å². The number of hydrogen-bond acceptors (Lipinski definition) is 4. The largest absolute Gasteiger partial charge is 0.359 e. The minimum atomic E-state index is -0.123. The lowest BCUT2D eigenvalue weighted by atomic mass is 9.93. The molecule has 1 amide bonds. The molecule has 112 valence electrons. The summed E-state index contributed by atoms with van der Waals surface area (Å²) in [6.45, 7) is 6.09. The van der Waals surface area contributed by atoms with Gasteiger partial charge in [-0.2, -0.15) is 0 Å². The fourth-order valence-corrected chi connectivity index (χ4v) is 2.51. The van der Waals surface area contributed by atoms with Crippen LogP contribution < -0.4 is 5.32 Å². The Balaban J connectivity index is 1.87. The molecule has 1 heterocycles. The van der Waals surface area contributed by atoms with Crippen LogP contribution in [0.1, 0.15) is 26.5 Å². The summed E-state index contributed by atoms with van der Waals surface area (Å²) in [5, 5.41) is 6.61. The van der Waals surface area contributed by atoms with Crippen LogP contribution in [0, 0.1) is 0 Å². The summed E-state index contributed by atoms with van der Waals surface area (Å²) >= 11 is 4.86. The molecule has 0 radical (unpaired) electrons. The first-order valence-corrected chi connectivity index (χ1v) is 8.28. The number of hydrogen-bond donors (Lipinski definition) is 1. The van der Waals surface area contributed by atoms with Gasteiger partial charge >= 0.3 is 0 Å². The van der Waals surface area contributed by atoms with Crippen molar-refractivity contribution in [2.45, 2.75) is 31.1 Å². The summed E-state index contributed by atoms with van der Waals surface area (Å²) < 4.78 is 6.25. The number of thioether (sulfide) groups is 1. The molecule has 0 aliphatic carbocycles. The summed E-state index contributed by atoms with van der Waals surface area (Å²) in [6.07, 6.45) is 0. The number of halogens is 1. The standard InChI is InChI=1S/C15H17BrN2O2S/c1-15(2,3)12-8-13(18-20-12)17-14(19)9-21-11-6-4-10(16)5-7-11/h4-8H,9H2,1-3H3,(H,17,18,19). The van der Waals surface area contributed by atoms with E-state index in [-0.39, 0.29) is 11.3 Å². The van der Waals surface area contributed by atoms with Crippen molar-refractivity contribution < 1.29 is 9.32 Å². The topological polar surface area (TPSA) is 55.1 Å². The first-order valence-electron chi connectivity index (χ1n) is 6.50. The van der Waals surface area contributed by atoms with Crippen LogP contribution in [-0.4, -0.2) is 16.8 Å². The van der Waals surface area contributed by atoms with Gasteiger partial charge in [0.15, 0.2) is 5.82 Å². The molecule has 21 heavy (non-hydrogen) atoms. The van der Waals surface area contributed by atoms with Gasteiger partial charge in [0.05, 0.1) is 5.75 Å². The third-order valence-electron chi connectivity index (χ3n) is 2.70. The van der Waals surface area contributed by atoms with E-state index in [4.69, 9.17) is 4.52 Å². The number of carbonyl (C=O) groups excluding carboxylic acids is 1. The average molecular weight is 369 g/mol. The van der Waals surface area contributed by atoms with Gasteiger partial charge in [-0.3, -0.25) is 4.79 Å². The Morgan fingerprint density at radius 3 is 2.57 bits per heavy atom. The molecular weight excluding hydrogens is 352 g/mol. The molecule has 0 spiro atoms. The molecule has 0 saturated carbocycles. The van der Waals surface area contributed by atoms with Crippen molar-refractivity contribution in [1.82, 2.24) is 5.16 Å². The van der Waals surface area contributed by atoms with E-state index in [2.05, 4.69) is 26.4 Å². The van der Waals surface area contributed by atoms with E-state index in [0.717, 1.165) is 15.1 Å². The molecule has 1 aromatic carbocycles. The Labute approximate surface area is 136 Å². The molecule has 2 aromatic rings. The van der Waals surface area contributed by atoms with Crippen LogP contribution >= 0.6 is 27.7 Å². The number of nitrogens with zero attached hydrogens (tertiary/aromatic N) is 1. The van der Waals surface area contributed by atoms with Gasteiger partial charge in [-0.25, -0.2) is 0 Å². The van der Waals surface area contributed by atoms with Gasteiger partial charge in [0.1, 0.15) is 5.76 Å². The van der Waals surface area contributed by atoms with E-state index in [1.165, 1.54) is 11.8 Å². The predicted octanol–water partition coefficient (Wildman–Crippen LogP) is 4.47. The van der Waals surface area contributed by atoms with Gasteiger partial charge in [-0.05, 0) is 24.3 Å². The maximum atomic E-state index is 11.9. The van der Waals surface area contributed by atoms with Gasteiger partial charge in [0, 0.05) is 20.8 Å². The van der Waals surface area contributed by atoms with E-state index in [0.29, 0.717) is 11.6 Å². The summed E-state index contributed by atoms with van der Waals surface area (Å²) in [5.41, 5.74) is -0.123. The molecule has 6 heteroatoms. The molecule has 0 bridgehead atoms. The lowest BCUT2D eigenvalue weighted by molar-refractivity contribution is -0.113. The van der Waals surface area contributed by atoms with Crippen molar-refractivity contribution in [2.24, 2.45) is 0 Å². The summed E-state index contributed by atoms with van der Waals surface area (Å²) in [5.74, 6) is 1.44. The zero-order valence-electron chi connectivity index (χ0n) is 12.1. The summed E-state index contributed by atoms with van der Waals surface area (Å²) in [7, 11) is 0. The number of amides is 1. The van der Waals surface area contributed by atoms with Gasteiger partial charge in [-0.1, -0.05) is 41.9 Å². The van der Waals surface area contributed by atoms with Crippen molar-refractivity contribution in [3.05, 3.63) is 40.6 Å². The molecule has 1 aromatic heterocycles. The number of aromatic nitrogens is 1. The van der Waals surface area contributed by atoms with E-state index >= 15 is 0 Å². The molecule has 0 fully saturated rings. The zero-order chi connectivity index (χ0) is 15.5. The van der Waals surface area contributed by atoms with Crippen LogP contribution in [0.4, 0.5) is 5.82 Å². The highest BCUT2D eigenvalue weighted by Crippen LogP contribution is 2.25. The molecule has 0 saturated heterocycles. The highest BCUT2D eigenvalue weighted by atomic mass is 79.9. The monoisotopic (exact) mass is 368 g/mol. The third kappa shape index (κ3) is 4.89. The van der Waals surface area contributed by atoms with Crippen molar-refractivity contribution >= 4 is 39.4 Å². The second-order valence-corrected chi connectivity index (χ2v) is 7.58. The fraction of sp³-hybridized carbons (Fsp3) is 0.333. The lowest BCUT2D eigenvalue weighted by Crippen LogP contribution is -2.14. The second-order valence-electron chi connectivity index (χ2n) is 5.62. The van der Waals surface area contributed by atoms with Gasteiger partial charge in [0.2, 0.25) is 5.91 Å². The first kappa shape index (κ1) is 16.1. The molecule has 0 atom stereocenters. The number of carbonyl (C=O) groups is 1. The van der Waals surface area contributed by atoms with E-state index < -0.39 is 0 Å². The van der Waals surface area contributed by atoms with Crippen LogP contribution in [0.3, 0.4) is 0 Å². The highest BCUT2D eigenvalue weighted by molar-refractivity contribution is 9.10. The quantitative estimate of drug-likeness (QED) is 0.809. The molecule has 1 N–H and O–H groups in total. The first-order chi connectivity index (χ1) is 9.84. The molecule has 4 nitrogen and oxygen atoms in total. The Kier molecular flexibility index (Phi) is 5.11. The predicted molar refractivity (Wildman–Crippen MR) is 88.7 cm³/mol. The molecule has 0 aliphatic rings. The van der Waals surface area contributed by atoms with E-state index in [1.807, 2.05) is 45.0 Å². The summed E-state index contributed by atoms with van der Waals surface area (Å²) in [4.78, 5) is 12.9. The maximum Gasteiger partial charge on any atom is 0.235 e. The minimum absolute atomic E-state index is 0.100. The van der Waals surface area contributed by atoms with E-state index in [1.54, 1.807) is 6.07 Å². The Morgan fingerprint density at radius 2 is 2.00 bits per heavy atom. The normalized spacial score (nSPS) is 11.4. The molecule has 2 rings (SSSR count). The Bertz CT molecular complexity index is 617. The molecule has 0 aliphatic heterocycles. The third-order valence-corrected chi connectivity index (χ3v) is 4.24. The van der Waals surface area contributed by atoms with Gasteiger partial charge in [0.25, 0.3) is 0 Å². The van der Waals surface area contributed by atoms with Crippen molar-refractivity contribution in [3.8, 4) is 0 Å². The number of benzene rings is 1. The number of anilines is 1. The van der Waals surface area contributed by atoms with Crippen molar-refractivity contribution in [3.63, 3.8) is 0 Å². The zero-order valence-corrected chi connectivity index (χ0v) is 14.5. The molecular formula is C15H17BrN2O2S. The van der Waals surface area contributed by atoms with Crippen molar-refractivity contribution in [1.29, 1.82) is 0 Å². The summed E-state index contributed by atoms with van der Waals surface area (Å²) in [6, 6.07) is 9.61. The Hall–Kier alpha value is -1.27. The highest BCUT2D eigenvalue weighted by Gasteiger charge is 2.20. The SMILES string of the molecule is CC(C)(C)c1cc(NC(=O)CSc2ccc(Br)cc2)no1. The van der Waals surface area contributed by atoms with Crippen molar-refractivity contribution in [2.75, 3.05) is 11.1 Å². The fourth-order valence-electron chi connectivity index (χ4n) is 1.55. The van der Waals surface area contributed by atoms with Crippen LogP contribution in [0.2, 0.25) is 0 Å². The second kappa shape index (κ2) is 6.66. The van der Waals surface area contributed by atoms with Crippen LogP contribution in [0.5, 0.6) is 0 Å². The van der Waals surface area contributed by atoms with E-state index in [9.17, 15) is 4.79 Å². The van der Waals surface area contributed by atoms with Gasteiger partial charge < -0.3 is 9.84 Å². The smallest absolute Gasteiger partial charge is 0.235 e. The van der Waals surface area contributed by atoms with Crippen LogP contribution in [0.15, 0.2) is 44.2 Å².